The predicted octanol–water partition coefficient (Wildman–Crippen LogP) is 2.00. The summed E-state index contributed by atoms with van der Waals surface area (Å²) in [5.74, 6) is 1.11. The van der Waals surface area contributed by atoms with Crippen LogP contribution in [0.25, 0.3) is 10.8 Å². The van der Waals surface area contributed by atoms with Crippen molar-refractivity contribution >= 4 is 11.3 Å². The highest BCUT2D eigenvalue weighted by Gasteiger charge is 2.24. The van der Waals surface area contributed by atoms with Gasteiger partial charge in [0.15, 0.2) is 0 Å². The first-order valence-electron chi connectivity index (χ1n) is 5.71. The molecule has 0 fully saturated rings. The van der Waals surface area contributed by atoms with Crippen LogP contribution in [0.5, 0.6) is 0 Å². The molecule has 0 radical (unpaired) electrons. The number of aromatic nitrogens is 2. The quantitative estimate of drug-likeness (QED) is 0.897. The Morgan fingerprint density at radius 1 is 1.44 bits per heavy atom. The Kier molecular flexibility index (Phi) is 3.79. The van der Waals surface area contributed by atoms with Crippen LogP contribution in [-0.4, -0.2) is 39.4 Å². The lowest BCUT2D eigenvalue weighted by molar-refractivity contribution is 0.0670. The minimum absolute atomic E-state index is 0.0788. The Balaban J connectivity index is 2.08. The smallest absolute Gasteiger partial charge is 0.257 e. The van der Waals surface area contributed by atoms with E-state index < -0.39 is 0 Å². The van der Waals surface area contributed by atoms with Gasteiger partial charge in [0.1, 0.15) is 0 Å². The van der Waals surface area contributed by atoms with Crippen LogP contribution in [-0.2, 0) is 6.54 Å². The number of likely N-dealkylation sites (N-methyl/N-ethyl adjacent to an activating group) is 1. The van der Waals surface area contributed by atoms with E-state index in [1.165, 1.54) is 0 Å². The van der Waals surface area contributed by atoms with E-state index in [2.05, 4.69) is 10.2 Å². The van der Waals surface area contributed by atoms with Crippen LogP contribution in [0, 0.1) is 0 Å². The van der Waals surface area contributed by atoms with Crippen LogP contribution in [0.2, 0.25) is 0 Å². The average Bonchev–Trinajstić information content (AvgIpc) is 2.98. The summed E-state index contributed by atoms with van der Waals surface area (Å²) in [4.78, 5) is 2.96. The summed E-state index contributed by atoms with van der Waals surface area (Å²) in [6, 6.07) is 3.90. The fraction of sp³-hybridized carbons (Fsp3) is 0.500. The van der Waals surface area contributed by atoms with Gasteiger partial charge in [-0.25, -0.2) is 0 Å². The Morgan fingerprint density at radius 2 is 2.22 bits per heavy atom. The minimum atomic E-state index is -0.308. The first-order chi connectivity index (χ1) is 8.53. The van der Waals surface area contributed by atoms with Gasteiger partial charge in [-0.05, 0) is 32.3 Å². The fourth-order valence-corrected chi connectivity index (χ4v) is 2.00. The number of nitrogens with zero attached hydrogens (tertiary/aromatic N) is 3. The predicted molar refractivity (Wildman–Crippen MR) is 70.2 cm³/mol. The summed E-state index contributed by atoms with van der Waals surface area (Å²) in [6.07, 6.45) is 0. The third-order valence-electron chi connectivity index (χ3n) is 2.99. The first kappa shape index (κ1) is 13.2. The molecule has 0 aliphatic heterocycles. The molecule has 0 unspecified atom stereocenters. The molecule has 0 atom stereocenters. The zero-order chi connectivity index (χ0) is 13.2. The fourth-order valence-electron chi connectivity index (χ4n) is 1.35. The van der Waals surface area contributed by atoms with Gasteiger partial charge in [-0.3, -0.25) is 4.90 Å². The maximum absolute atomic E-state index is 9.29. The molecular formula is C12H17N3O2S. The standard InChI is InChI=1S/C12H17N3O2S/c1-12(2,8-16)15(3)7-10-13-14-11(17-10)9-5-4-6-18-9/h4-6,16H,7-8H2,1-3H3. The highest BCUT2D eigenvalue weighted by molar-refractivity contribution is 7.13. The van der Waals surface area contributed by atoms with Crippen LogP contribution in [0.3, 0.4) is 0 Å². The van der Waals surface area contributed by atoms with Crippen molar-refractivity contribution in [3.63, 3.8) is 0 Å². The summed E-state index contributed by atoms with van der Waals surface area (Å²) in [5.41, 5.74) is -0.308. The third kappa shape index (κ3) is 2.77. The molecule has 5 nitrogen and oxygen atoms in total. The largest absolute Gasteiger partial charge is 0.419 e. The van der Waals surface area contributed by atoms with Crippen LogP contribution in [0.1, 0.15) is 19.7 Å². The first-order valence-corrected chi connectivity index (χ1v) is 6.59. The molecule has 0 amide bonds. The maximum atomic E-state index is 9.29. The van der Waals surface area contributed by atoms with E-state index in [-0.39, 0.29) is 12.1 Å². The second kappa shape index (κ2) is 5.17. The summed E-state index contributed by atoms with van der Waals surface area (Å²) in [7, 11) is 1.92. The average molecular weight is 267 g/mol. The highest BCUT2D eigenvalue weighted by atomic mass is 32.1. The Hall–Kier alpha value is -1.24. The van der Waals surface area contributed by atoms with Crippen molar-refractivity contribution in [1.82, 2.24) is 15.1 Å². The molecule has 1 N–H and O–H groups in total. The summed E-state index contributed by atoms with van der Waals surface area (Å²) < 4.78 is 5.60. The lowest BCUT2D eigenvalue weighted by Gasteiger charge is -2.32. The molecule has 2 aromatic heterocycles. The van der Waals surface area contributed by atoms with Crippen LogP contribution in [0.15, 0.2) is 21.9 Å². The molecule has 0 aromatic carbocycles. The SMILES string of the molecule is CN(Cc1nnc(-c2cccs2)o1)C(C)(C)CO. The van der Waals surface area contributed by atoms with Crippen molar-refractivity contribution in [3.8, 4) is 10.8 Å². The number of hydrogen-bond acceptors (Lipinski definition) is 6. The normalized spacial score (nSPS) is 12.3. The van der Waals surface area contributed by atoms with E-state index in [1.807, 2.05) is 43.3 Å². The van der Waals surface area contributed by atoms with Gasteiger partial charge in [-0.1, -0.05) is 6.07 Å². The molecular weight excluding hydrogens is 250 g/mol. The second-order valence-corrected chi connectivity index (χ2v) is 5.75. The van der Waals surface area contributed by atoms with E-state index >= 15 is 0 Å². The molecule has 0 aliphatic carbocycles. The molecule has 0 aliphatic rings. The molecule has 2 rings (SSSR count). The monoisotopic (exact) mass is 267 g/mol. The van der Waals surface area contributed by atoms with Crippen LogP contribution >= 0.6 is 11.3 Å². The van der Waals surface area contributed by atoms with Gasteiger partial charge in [0.05, 0.1) is 18.0 Å². The van der Waals surface area contributed by atoms with Gasteiger partial charge in [-0.15, -0.1) is 21.5 Å². The van der Waals surface area contributed by atoms with Gasteiger partial charge < -0.3 is 9.52 Å². The summed E-state index contributed by atoms with van der Waals surface area (Å²) >= 11 is 1.57. The summed E-state index contributed by atoms with van der Waals surface area (Å²) in [6.45, 7) is 4.52. The van der Waals surface area contributed by atoms with Crippen molar-refractivity contribution in [3.05, 3.63) is 23.4 Å². The number of rotatable bonds is 5. The summed E-state index contributed by atoms with van der Waals surface area (Å²) in [5, 5.41) is 19.3. The molecule has 0 spiro atoms. The third-order valence-corrected chi connectivity index (χ3v) is 3.85. The minimum Gasteiger partial charge on any atom is -0.419 e. The highest BCUT2D eigenvalue weighted by Crippen LogP contribution is 2.24. The number of hydrogen-bond donors (Lipinski definition) is 1. The number of aliphatic hydroxyl groups is 1. The Morgan fingerprint density at radius 3 is 2.83 bits per heavy atom. The van der Waals surface area contributed by atoms with Crippen LogP contribution in [0.4, 0.5) is 0 Å². The van der Waals surface area contributed by atoms with E-state index in [1.54, 1.807) is 11.3 Å². The maximum Gasteiger partial charge on any atom is 0.257 e. The molecule has 0 bridgehead atoms. The van der Waals surface area contributed by atoms with Crippen molar-refractivity contribution in [2.24, 2.45) is 0 Å². The zero-order valence-corrected chi connectivity index (χ0v) is 11.6. The molecule has 98 valence electrons. The lowest BCUT2D eigenvalue weighted by Crippen LogP contribution is -2.43. The molecule has 2 heterocycles. The van der Waals surface area contributed by atoms with E-state index in [4.69, 9.17) is 4.42 Å². The van der Waals surface area contributed by atoms with Crippen molar-refractivity contribution in [2.75, 3.05) is 13.7 Å². The molecule has 18 heavy (non-hydrogen) atoms. The van der Waals surface area contributed by atoms with Gasteiger partial charge in [-0.2, -0.15) is 0 Å². The van der Waals surface area contributed by atoms with Gasteiger partial charge in [0.25, 0.3) is 5.89 Å². The van der Waals surface area contributed by atoms with Crippen molar-refractivity contribution in [2.45, 2.75) is 25.9 Å². The van der Waals surface area contributed by atoms with Gasteiger partial charge in [0, 0.05) is 5.54 Å². The topological polar surface area (TPSA) is 62.4 Å². The van der Waals surface area contributed by atoms with E-state index in [9.17, 15) is 5.11 Å². The number of aliphatic hydroxyl groups excluding tert-OH is 1. The van der Waals surface area contributed by atoms with Gasteiger partial charge in [0.2, 0.25) is 5.89 Å². The second-order valence-electron chi connectivity index (χ2n) is 4.80. The van der Waals surface area contributed by atoms with Crippen molar-refractivity contribution in [1.29, 1.82) is 0 Å². The Labute approximate surface area is 110 Å². The lowest BCUT2D eigenvalue weighted by atomic mass is 10.1. The van der Waals surface area contributed by atoms with Crippen LogP contribution < -0.4 is 0 Å². The molecule has 2 aromatic rings. The zero-order valence-electron chi connectivity index (χ0n) is 10.8. The van der Waals surface area contributed by atoms with Gasteiger partial charge >= 0.3 is 0 Å². The van der Waals surface area contributed by atoms with Crippen molar-refractivity contribution < 1.29 is 9.52 Å². The molecule has 0 saturated heterocycles. The van der Waals surface area contributed by atoms with E-state index in [0.717, 1.165) is 4.88 Å². The number of thiophene rings is 1. The van der Waals surface area contributed by atoms with E-state index in [0.29, 0.717) is 18.3 Å². The Bertz CT molecular complexity index is 493. The molecule has 0 saturated carbocycles. The molecule has 6 heteroatoms.